The Balaban J connectivity index is 1.59. The maximum Gasteiger partial charge on any atom is 0.271 e. The molecule has 1 aliphatic heterocycles. The van der Waals surface area contributed by atoms with Gasteiger partial charge in [-0.1, -0.05) is 33.1 Å². The Morgan fingerprint density at radius 3 is 2.82 bits per heavy atom. The van der Waals surface area contributed by atoms with Gasteiger partial charge < -0.3 is 15.0 Å². The first kappa shape index (κ1) is 15.5. The van der Waals surface area contributed by atoms with Crippen LogP contribution < -0.4 is 5.32 Å². The Morgan fingerprint density at radius 1 is 1.27 bits per heavy atom. The predicted octanol–water partition coefficient (Wildman–Crippen LogP) is 2.61. The van der Waals surface area contributed by atoms with E-state index in [9.17, 15) is 4.79 Å². The average molecular weight is 305 g/mol. The van der Waals surface area contributed by atoms with E-state index in [-0.39, 0.29) is 11.3 Å². The van der Waals surface area contributed by atoms with Gasteiger partial charge in [0.2, 0.25) is 0 Å². The highest BCUT2D eigenvalue weighted by molar-refractivity contribution is 5.93. The fourth-order valence-electron chi connectivity index (χ4n) is 3.40. The maximum atomic E-state index is 12.1. The van der Waals surface area contributed by atoms with E-state index in [0.717, 1.165) is 24.4 Å². The van der Waals surface area contributed by atoms with E-state index in [1.165, 1.54) is 32.1 Å². The third-order valence-electron chi connectivity index (χ3n) is 4.67. The van der Waals surface area contributed by atoms with Crippen LogP contribution in [-0.4, -0.2) is 35.1 Å². The molecule has 2 heterocycles. The number of fused-ring (bicyclic) bond motifs is 1. The number of rotatable bonds is 4. The second kappa shape index (κ2) is 6.41. The number of ether oxygens (including phenoxy) is 1. The van der Waals surface area contributed by atoms with Crippen molar-refractivity contribution in [1.82, 2.24) is 15.3 Å². The molecule has 1 aliphatic carbocycles. The van der Waals surface area contributed by atoms with E-state index in [1.54, 1.807) is 0 Å². The number of carbonyl (C=O) groups excluding carboxylic acids is 1. The van der Waals surface area contributed by atoms with E-state index in [4.69, 9.17) is 4.74 Å². The highest BCUT2D eigenvalue weighted by Crippen LogP contribution is 2.25. The first-order valence-corrected chi connectivity index (χ1v) is 8.51. The third kappa shape index (κ3) is 3.69. The van der Waals surface area contributed by atoms with Crippen molar-refractivity contribution in [3.05, 3.63) is 17.2 Å². The van der Waals surface area contributed by atoms with Crippen LogP contribution in [0.5, 0.6) is 0 Å². The van der Waals surface area contributed by atoms with Crippen LogP contribution >= 0.6 is 0 Å². The topological polar surface area (TPSA) is 67.0 Å². The molecule has 122 valence electrons. The summed E-state index contributed by atoms with van der Waals surface area (Å²) in [5, 5.41) is 2.96. The van der Waals surface area contributed by atoms with E-state index in [0.29, 0.717) is 24.9 Å². The molecular weight excluding hydrogens is 278 g/mol. The van der Waals surface area contributed by atoms with Gasteiger partial charge in [0.15, 0.2) is 0 Å². The normalized spacial score (nSPS) is 22.0. The summed E-state index contributed by atoms with van der Waals surface area (Å²) in [4.78, 5) is 19.9. The van der Waals surface area contributed by atoms with Crippen LogP contribution in [0.2, 0.25) is 0 Å². The zero-order chi connectivity index (χ0) is 15.6. The van der Waals surface area contributed by atoms with Crippen LogP contribution in [0, 0.1) is 5.41 Å². The van der Waals surface area contributed by atoms with E-state index >= 15 is 0 Å². The van der Waals surface area contributed by atoms with Gasteiger partial charge in [-0.25, -0.2) is 4.98 Å². The second-order valence-electron chi connectivity index (χ2n) is 7.42. The summed E-state index contributed by atoms with van der Waals surface area (Å²) in [7, 11) is 0. The Hall–Kier alpha value is -1.36. The Morgan fingerprint density at radius 2 is 2.05 bits per heavy atom. The zero-order valence-corrected chi connectivity index (χ0v) is 13.7. The molecule has 0 aromatic carbocycles. The van der Waals surface area contributed by atoms with Crippen molar-refractivity contribution in [2.24, 2.45) is 5.41 Å². The molecule has 0 saturated heterocycles. The second-order valence-corrected chi connectivity index (χ2v) is 7.42. The molecule has 22 heavy (non-hydrogen) atoms. The highest BCUT2D eigenvalue weighted by atomic mass is 16.5. The number of hydrogen-bond donors (Lipinski definition) is 2. The summed E-state index contributed by atoms with van der Waals surface area (Å²) in [6.45, 7) is 5.70. The fourth-order valence-corrected chi connectivity index (χ4v) is 3.40. The van der Waals surface area contributed by atoms with Crippen LogP contribution in [-0.2, 0) is 17.6 Å². The smallest absolute Gasteiger partial charge is 0.271 e. The monoisotopic (exact) mass is 305 g/mol. The van der Waals surface area contributed by atoms with Crippen molar-refractivity contribution in [3.8, 4) is 0 Å². The molecule has 1 saturated carbocycles. The molecule has 1 aromatic rings. The molecule has 5 heteroatoms. The molecule has 1 aromatic heterocycles. The number of aromatic amines is 1. The SMILES string of the molecule is CC1(C)CNC(=O)c2nc(CCOC3CCCCC3)[nH]c2C1. The van der Waals surface area contributed by atoms with Gasteiger partial charge in [-0.15, -0.1) is 0 Å². The quantitative estimate of drug-likeness (QED) is 0.898. The van der Waals surface area contributed by atoms with Gasteiger partial charge >= 0.3 is 0 Å². The van der Waals surface area contributed by atoms with Crippen molar-refractivity contribution in [2.75, 3.05) is 13.2 Å². The molecule has 0 atom stereocenters. The maximum absolute atomic E-state index is 12.1. The lowest BCUT2D eigenvalue weighted by atomic mass is 9.88. The zero-order valence-electron chi connectivity index (χ0n) is 13.7. The van der Waals surface area contributed by atoms with Crippen molar-refractivity contribution in [2.45, 2.75) is 64.9 Å². The summed E-state index contributed by atoms with van der Waals surface area (Å²) in [6.07, 6.45) is 8.30. The third-order valence-corrected chi connectivity index (χ3v) is 4.67. The molecule has 1 fully saturated rings. The van der Waals surface area contributed by atoms with Gasteiger partial charge in [0.1, 0.15) is 11.5 Å². The molecule has 0 radical (unpaired) electrons. The van der Waals surface area contributed by atoms with Crippen molar-refractivity contribution in [3.63, 3.8) is 0 Å². The van der Waals surface area contributed by atoms with E-state index in [2.05, 4.69) is 29.1 Å². The lowest BCUT2D eigenvalue weighted by molar-refractivity contribution is 0.0297. The molecule has 0 unspecified atom stereocenters. The van der Waals surface area contributed by atoms with Crippen LogP contribution in [0.3, 0.4) is 0 Å². The lowest BCUT2D eigenvalue weighted by Gasteiger charge is -2.22. The number of nitrogens with one attached hydrogen (secondary N) is 2. The summed E-state index contributed by atoms with van der Waals surface area (Å²) in [6, 6.07) is 0. The van der Waals surface area contributed by atoms with Gasteiger partial charge in [-0.3, -0.25) is 4.79 Å². The minimum atomic E-state index is -0.0590. The standard InChI is InChI=1S/C17H27N3O2/c1-17(2)10-13-15(16(21)18-11-17)20-14(19-13)8-9-22-12-6-4-3-5-7-12/h12H,3-11H2,1-2H3,(H,18,21)(H,19,20). The van der Waals surface area contributed by atoms with Crippen LogP contribution in [0.1, 0.15) is 68.0 Å². The van der Waals surface area contributed by atoms with Crippen LogP contribution in [0.15, 0.2) is 0 Å². The minimum Gasteiger partial charge on any atom is -0.378 e. The number of amides is 1. The molecule has 0 bridgehead atoms. The lowest BCUT2D eigenvalue weighted by Crippen LogP contribution is -2.32. The molecule has 0 spiro atoms. The first-order chi connectivity index (χ1) is 10.5. The molecule has 1 amide bonds. The molecule has 3 rings (SSSR count). The van der Waals surface area contributed by atoms with E-state index in [1.807, 2.05) is 0 Å². The highest BCUT2D eigenvalue weighted by Gasteiger charge is 2.29. The Labute approximate surface area is 132 Å². The number of carbonyl (C=O) groups is 1. The molecule has 5 nitrogen and oxygen atoms in total. The van der Waals surface area contributed by atoms with Gasteiger partial charge in [-0.05, 0) is 24.7 Å². The molecule has 2 N–H and O–H groups in total. The number of imidazole rings is 1. The fraction of sp³-hybridized carbons (Fsp3) is 0.765. The Kier molecular flexibility index (Phi) is 4.52. The summed E-state index contributed by atoms with van der Waals surface area (Å²) < 4.78 is 5.95. The summed E-state index contributed by atoms with van der Waals surface area (Å²) >= 11 is 0. The van der Waals surface area contributed by atoms with Gasteiger partial charge in [0.05, 0.1) is 12.7 Å². The molecular formula is C17H27N3O2. The first-order valence-electron chi connectivity index (χ1n) is 8.51. The van der Waals surface area contributed by atoms with Crippen LogP contribution in [0.4, 0.5) is 0 Å². The minimum absolute atomic E-state index is 0.0588. The number of nitrogens with zero attached hydrogens (tertiary/aromatic N) is 1. The number of aromatic nitrogens is 2. The van der Waals surface area contributed by atoms with Gasteiger partial charge in [0, 0.05) is 18.7 Å². The van der Waals surface area contributed by atoms with Gasteiger partial charge in [0.25, 0.3) is 5.91 Å². The predicted molar refractivity (Wildman–Crippen MR) is 84.9 cm³/mol. The Bertz CT molecular complexity index is 530. The number of H-pyrrole nitrogens is 1. The van der Waals surface area contributed by atoms with E-state index < -0.39 is 0 Å². The van der Waals surface area contributed by atoms with Crippen molar-refractivity contribution in [1.29, 1.82) is 0 Å². The van der Waals surface area contributed by atoms with Crippen molar-refractivity contribution >= 4 is 5.91 Å². The van der Waals surface area contributed by atoms with Crippen molar-refractivity contribution < 1.29 is 9.53 Å². The number of hydrogen-bond acceptors (Lipinski definition) is 3. The summed E-state index contributed by atoms with van der Waals surface area (Å²) in [5.74, 6) is 0.810. The largest absolute Gasteiger partial charge is 0.378 e. The molecule has 2 aliphatic rings. The van der Waals surface area contributed by atoms with Gasteiger partial charge in [-0.2, -0.15) is 0 Å². The van der Waals surface area contributed by atoms with Crippen LogP contribution in [0.25, 0.3) is 0 Å². The summed E-state index contributed by atoms with van der Waals surface area (Å²) in [5.41, 5.74) is 1.59. The average Bonchev–Trinajstić information content (AvgIpc) is 2.84.